The van der Waals surface area contributed by atoms with Gasteiger partial charge in [-0.1, -0.05) is 0 Å². The van der Waals surface area contributed by atoms with Crippen molar-refractivity contribution in [1.82, 2.24) is 4.98 Å². The quantitative estimate of drug-likeness (QED) is 0.754. The van der Waals surface area contributed by atoms with E-state index in [0.717, 1.165) is 10.4 Å². The van der Waals surface area contributed by atoms with Gasteiger partial charge in [-0.2, -0.15) is 0 Å². The predicted octanol–water partition coefficient (Wildman–Crippen LogP) is 2.81. The second kappa shape index (κ2) is 4.09. The molecular formula is C11H11NO3S. The molecule has 0 saturated heterocycles. The molecule has 0 bridgehead atoms. The second-order valence-corrected chi connectivity index (χ2v) is 4.55. The molecule has 0 radical (unpaired) electrons. The van der Waals surface area contributed by atoms with Crippen molar-refractivity contribution in [3.05, 3.63) is 28.5 Å². The third-order valence-corrected chi connectivity index (χ3v) is 3.20. The van der Waals surface area contributed by atoms with Gasteiger partial charge in [0, 0.05) is 4.88 Å². The Hall–Kier alpha value is -1.62. The highest BCUT2D eigenvalue weighted by Gasteiger charge is 2.18. The summed E-state index contributed by atoms with van der Waals surface area (Å²) >= 11 is 1.42. The van der Waals surface area contributed by atoms with Gasteiger partial charge in [0.1, 0.15) is 0 Å². The Morgan fingerprint density at radius 3 is 2.81 bits per heavy atom. The summed E-state index contributed by atoms with van der Waals surface area (Å²) in [6, 6.07) is 1.86. The van der Waals surface area contributed by atoms with Gasteiger partial charge < -0.3 is 9.15 Å². The molecule has 0 saturated carbocycles. The van der Waals surface area contributed by atoms with Crippen molar-refractivity contribution in [2.75, 3.05) is 7.11 Å². The summed E-state index contributed by atoms with van der Waals surface area (Å²) in [5.74, 6) is 0.299. The molecule has 0 aliphatic rings. The fraction of sp³-hybridized carbons (Fsp3) is 0.273. The van der Waals surface area contributed by atoms with Gasteiger partial charge in [-0.3, -0.25) is 0 Å². The molecule has 0 spiro atoms. The number of furan rings is 1. The molecular weight excluding hydrogens is 226 g/mol. The van der Waals surface area contributed by atoms with Crippen LogP contribution in [0.25, 0.3) is 10.8 Å². The lowest BCUT2D eigenvalue weighted by atomic mass is 10.3. The van der Waals surface area contributed by atoms with Crippen molar-refractivity contribution in [2.45, 2.75) is 13.8 Å². The Morgan fingerprint density at radius 2 is 2.25 bits per heavy atom. The van der Waals surface area contributed by atoms with E-state index >= 15 is 0 Å². The summed E-state index contributed by atoms with van der Waals surface area (Å²) in [4.78, 5) is 16.5. The Morgan fingerprint density at radius 1 is 1.50 bits per heavy atom. The molecule has 0 amide bonds. The molecule has 0 aliphatic heterocycles. The largest absolute Gasteiger partial charge is 0.464 e. The molecule has 16 heavy (non-hydrogen) atoms. The van der Waals surface area contributed by atoms with Crippen molar-refractivity contribution in [1.29, 1.82) is 0 Å². The van der Waals surface area contributed by atoms with Crippen molar-refractivity contribution < 1.29 is 13.9 Å². The number of carbonyl (C=O) groups is 1. The van der Waals surface area contributed by atoms with Crippen LogP contribution >= 0.6 is 11.3 Å². The summed E-state index contributed by atoms with van der Waals surface area (Å²) in [6.07, 6.45) is 1.61. The van der Waals surface area contributed by atoms with Gasteiger partial charge in [0.05, 0.1) is 13.4 Å². The zero-order valence-electron chi connectivity index (χ0n) is 9.23. The van der Waals surface area contributed by atoms with E-state index in [1.54, 1.807) is 6.26 Å². The van der Waals surface area contributed by atoms with Crippen molar-refractivity contribution in [3.8, 4) is 10.8 Å². The number of aromatic nitrogens is 1. The zero-order chi connectivity index (χ0) is 11.7. The standard InChI is InChI=1S/C11H11NO3S/c1-6-4-5-15-9(6)10-12-8(7(2)16-10)11(13)14-3/h4-5H,1-3H3. The maximum atomic E-state index is 11.4. The molecule has 0 N–H and O–H groups in total. The highest BCUT2D eigenvalue weighted by molar-refractivity contribution is 7.15. The fourth-order valence-electron chi connectivity index (χ4n) is 1.37. The number of hydrogen-bond acceptors (Lipinski definition) is 5. The SMILES string of the molecule is COC(=O)c1nc(-c2occc2C)sc1C. The van der Waals surface area contributed by atoms with Crippen LogP contribution in [0.5, 0.6) is 0 Å². The van der Waals surface area contributed by atoms with E-state index in [2.05, 4.69) is 9.72 Å². The molecule has 2 rings (SSSR count). The van der Waals surface area contributed by atoms with Gasteiger partial charge in [0.15, 0.2) is 16.5 Å². The smallest absolute Gasteiger partial charge is 0.357 e. The molecule has 5 heteroatoms. The van der Waals surface area contributed by atoms with Crippen molar-refractivity contribution in [2.24, 2.45) is 0 Å². The molecule has 0 atom stereocenters. The molecule has 84 valence electrons. The third-order valence-electron chi connectivity index (χ3n) is 2.23. The first-order valence-corrected chi connectivity index (χ1v) is 5.55. The maximum Gasteiger partial charge on any atom is 0.357 e. The van der Waals surface area contributed by atoms with Gasteiger partial charge in [0.25, 0.3) is 0 Å². The number of carbonyl (C=O) groups excluding carboxylic acids is 1. The Bertz CT molecular complexity index is 527. The van der Waals surface area contributed by atoms with E-state index in [-0.39, 0.29) is 0 Å². The van der Waals surface area contributed by atoms with Gasteiger partial charge >= 0.3 is 5.97 Å². The van der Waals surface area contributed by atoms with E-state index in [1.165, 1.54) is 18.4 Å². The maximum absolute atomic E-state index is 11.4. The number of nitrogens with zero attached hydrogens (tertiary/aromatic N) is 1. The van der Waals surface area contributed by atoms with Crippen LogP contribution < -0.4 is 0 Å². The summed E-state index contributed by atoms with van der Waals surface area (Å²) in [6.45, 7) is 3.78. The number of hydrogen-bond donors (Lipinski definition) is 0. The van der Waals surface area contributed by atoms with E-state index < -0.39 is 5.97 Å². The minimum absolute atomic E-state index is 0.360. The molecule has 0 aliphatic carbocycles. The number of thiazole rings is 1. The third kappa shape index (κ3) is 1.74. The minimum atomic E-state index is -0.413. The first-order valence-electron chi connectivity index (χ1n) is 4.73. The van der Waals surface area contributed by atoms with Gasteiger partial charge in [0.2, 0.25) is 0 Å². The average Bonchev–Trinajstić information content (AvgIpc) is 2.83. The van der Waals surface area contributed by atoms with E-state index in [4.69, 9.17) is 4.42 Å². The van der Waals surface area contributed by atoms with Gasteiger partial charge in [-0.25, -0.2) is 9.78 Å². The summed E-state index contributed by atoms with van der Waals surface area (Å²) in [5, 5.41) is 0.709. The van der Waals surface area contributed by atoms with Gasteiger partial charge in [-0.05, 0) is 25.5 Å². The van der Waals surface area contributed by atoms with Crippen LogP contribution in [-0.4, -0.2) is 18.1 Å². The number of ether oxygens (including phenoxy) is 1. The number of esters is 1. The van der Waals surface area contributed by atoms with Crippen LogP contribution in [0, 0.1) is 13.8 Å². The lowest BCUT2D eigenvalue weighted by molar-refractivity contribution is 0.0594. The lowest BCUT2D eigenvalue weighted by Gasteiger charge is -1.93. The van der Waals surface area contributed by atoms with Crippen LogP contribution in [0.15, 0.2) is 16.7 Å². The molecule has 2 aromatic heterocycles. The fourth-order valence-corrected chi connectivity index (χ4v) is 2.33. The molecule has 4 nitrogen and oxygen atoms in total. The van der Waals surface area contributed by atoms with Crippen LogP contribution in [0.4, 0.5) is 0 Å². The normalized spacial score (nSPS) is 10.4. The molecule has 2 aromatic rings. The summed E-state index contributed by atoms with van der Waals surface area (Å²) < 4.78 is 9.98. The molecule has 2 heterocycles. The van der Waals surface area contributed by atoms with E-state index in [9.17, 15) is 4.79 Å². The van der Waals surface area contributed by atoms with E-state index in [0.29, 0.717) is 16.5 Å². The van der Waals surface area contributed by atoms with Crippen molar-refractivity contribution in [3.63, 3.8) is 0 Å². The first kappa shape index (κ1) is 10.9. The highest BCUT2D eigenvalue weighted by atomic mass is 32.1. The Kier molecular flexibility index (Phi) is 2.78. The lowest BCUT2D eigenvalue weighted by Crippen LogP contribution is -2.03. The summed E-state index contributed by atoms with van der Waals surface area (Å²) in [5.41, 5.74) is 1.36. The second-order valence-electron chi connectivity index (χ2n) is 3.35. The zero-order valence-corrected chi connectivity index (χ0v) is 10.1. The number of methoxy groups -OCH3 is 1. The summed E-state index contributed by atoms with van der Waals surface area (Å²) in [7, 11) is 1.35. The van der Waals surface area contributed by atoms with Crippen LogP contribution in [-0.2, 0) is 4.74 Å². The van der Waals surface area contributed by atoms with E-state index in [1.807, 2.05) is 19.9 Å². The molecule has 0 aromatic carbocycles. The average molecular weight is 237 g/mol. The minimum Gasteiger partial charge on any atom is -0.464 e. The van der Waals surface area contributed by atoms with Crippen LogP contribution in [0.2, 0.25) is 0 Å². The predicted molar refractivity (Wildman–Crippen MR) is 60.6 cm³/mol. The van der Waals surface area contributed by atoms with Crippen LogP contribution in [0.3, 0.4) is 0 Å². The number of aryl methyl sites for hydroxylation is 2. The van der Waals surface area contributed by atoms with Crippen molar-refractivity contribution >= 4 is 17.3 Å². The topological polar surface area (TPSA) is 52.3 Å². The molecule has 0 unspecified atom stereocenters. The Balaban J connectivity index is 2.46. The number of rotatable bonds is 2. The van der Waals surface area contributed by atoms with Crippen LogP contribution in [0.1, 0.15) is 20.9 Å². The highest BCUT2D eigenvalue weighted by Crippen LogP contribution is 2.30. The monoisotopic (exact) mass is 237 g/mol. The molecule has 0 fully saturated rings. The Labute approximate surface area is 96.9 Å². The van der Waals surface area contributed by atoms with Gasteiger partial charge in [-0.15, -0.1) is 11.3 Å². The first-order chi connectivity index (χ1) is 7.63.